The first kappa shape index (κ1) is 9.93. The summed E-state index contributed by atoms with van der Waals surface area (Å²) in [6, 6.07) is 8.22. The molecule has 2 rings (SSSR count). The van der Waals surface area contributed by atoms with Crippen molar-refractivity contribution in [2.45, 2.75) is 19.4 Å². The molecule has 0 aromatic heterocycles. The van der Waals surface area contributed by atoms with Gasteiger partial charge in [-0.2, -0.15) is 0 Å². The van der Waals surface area contributed by atoms with E-state index in [-0.39, 0.29) is 12.5 Å². The fourth-order valence-electron chi connectivity index (χ4n) is 1.38. The maximum atomic E-state index is 5.66. The van der Waals surface area contributed by atoms with Gasteiger partial charge in [-0.25, -0.2) is 10.9 Å². The molecule has 0 spiro atoms. The Morgan fingerprint density at radius 2 is 2.00 bits per heavy atom. The molecule has 2 unspecified atom stereocenters. The first-order valence-corrected chi connectivity index (χ1v) is 5.12. The molecular weight excluding hydrogens is 200 g/mol. The van der Waals surface area contributed by atoms with Crippen LogP contribution in [0, 0.1) is 6.92 Å². The third kappa shape index (κ3) is 2.07. The lowest BCUT2D eigenvalue weighted by atomic mass is 10.1. The van der Waals surface area contributed by atoms with Gasteiger partial charge >= 0.3 is 0 Å². The zero-order chi connectivity index (χ0) is 9.97. The smallest absolute Gasteiger partial charge is 0.148 e. The number of rotatable bonds is 2. The highest BCUT2D eigenvalue weighted by atomic mass is 35.5. The van der Waals surface area contributed by atoms with Crippen molar-refractivity contribution in [3.63, 3.8) is 0 Å². The highest BCUT2D eigenvalue weighted by Gasteiger charge is 2.24. The molecule has 1 heterocycles. The van der Waals surface area contributed by atoms with Crippen molar-refractivity contribution >= 4 is 11.6 Å². The van der Waals surface area contributed by atoms with Crippen molar-refractivity contribution < 1.29 is 4.74 Å². The molecule has 1 aliphatic rings. The van der Waals surface area contributed by atoms with Crippen LogP contribution in [0.1, 0.15) is 17.4 Å². The number of benzene rings is 1. The molecule has 2 N–H and O–H groups in total. The van der Waals surface area contributed by atoms with Crippen LogP contribution < -0.4 is 10.9 Å². The second-order valence-electron chi connectivity index (χ2n) is 3.36. The number of ether oxygens (including phenoxy) is 1. The summed E-state index contributed by atoms with van der Waals surface area (Å²) in [5.41, 5.74) is 8.35. The summed E-state index contributed by atoms with van der Waals surface area (Å²) < 4.78 is 5.58. The monoisotopic (exact) mass is 212 g/mol. The van der Waals surface area contributed by atoms with E-state index in [4.69, 9.17) is 16.3 Å². The number of hydrazine groups is 1. The Hall–Kier alpha value is -0.610. The van der Waals surface area contributed by atoms with Crippen LogP contribution in [0.25, 0.3) is 0 Å². The molecule has 4 heteroatoms. The van der Waals surface area contributed by atoms with Crippen LogP contribution in [0.4, 0.5) is 0 Å². The molecule has 0 amide bonds. The van der Waals surface area contributed by atoms with Gasteiger partial charge in [0.1, 0.15) is 12.5 Å². The van der Waals surface area contributed by atoms with Gasteiger partial charge in [0.15, 0.2) is 0 Å². The quantitative estimate of drug-likeness (QED) is 0.732. The average Bonchev–Trinajstić information content (AvgIpc) is 2.67. The Morgan fingerprint density at radius 1 is 1.29 bits per heavy atom. The Kier molecular flexibility index (Phi) is 3.03. The van der Waals surface area contributed by atoms with Crippen LogP contribution in [0.5, 0.6) is 0 Å². The molecule has 1 saturated heterocycles. The zero-order valence-electron chi connectivity index (χ0n) is 7.96. The van der Waals surface area contributed by atoms with Gasteiger partial charge in [0.25, 0.3) is 0 Å². The van der Waals surface area contributed by atoms with E-state index in [1.54, 1.807) is 0 Å². The van der Waals surface area contributed by atoms with Gasteiger partial charge < -0.3 is 4.74 Å². The van der Waals surface area contributed by atoms with E-state index >= 15 is 0 Å². The number of hydrogen-bond donors (Lipinski definition) is 2. The van der Waals surface area contributed by atoms with E-state index in [0.717, 1.165) is 5.56 Å². The minimum Gasteiger partial charge on any atom is -0.337 e. The van der Waals surface area contributed by atoms with E-state index in [2.05, 4.69) is 29.9 Å². The Bertz CT molecular complexity index is 301. The molecule has 1 aromatic carbocycles. The SMILES string of the molecule is Cc1ccc(C2NNC(CCl)O2)cc1. The molecule has 2 atom stereocenters. The van der Waals surface area contributed by atoms with Gasteiger partial charge in [0, 0.05) is 0 Å². The van der Waals surface area contributed by atoms with Crippen molar-refractivity contribution in [2.24, 2.45) is 0 Å². The van der Waals surface area contributed by atoms with Crippen LogP contribution in [-0.2, 0) is 4.74 Å². The summed E-state index contributed by atoms with van der Waals surface area (Å²) in [6.07, 6.45) is -0.206. The second-order valence-corrected chi connectivity index (χ2v) is 3.67. The van der Waals surface area contributed by atoms with Gasteiger partial charge in [0.2, 0.25) is 0 Å². The molecule has 0 aliphatic carbocycles. The summed E-state index contributed by atoms with van der Waals surface area (Å²) in [7, 11) is 0. The third-order valence-electron chi connectivity index (χ3n) is 2.20. The fourth-order valence-corrected chi connectivity index (χ4v) is 1.53. The van der Waals surface area contributed by atoms with E-state index < -0.39 is 0 Å². The van der Waals surface area contributed by atoms with Crippen LogP contribution >= 0.6 is 11.6 Å². The standard InChI is InChI=1S/C10H13ClN2O/c1-7-2-4-8(5-3-7)10-13-12-9(6-11)14-10/h2-5,9-10,12-13H,6H2,1H3. The molecule has 76 valence electrons. The van der Waals surface area contributed by atoms with E-state index in [1.807, 2.05) is 12.1 Å². The fraction of sp³-hybridized carbons (Fsp3) is 0.400. The van der Waals surface area contributed by atoms with Crippen LogP contribution in [-0.4, -0.2) is 12.1 Å². The Balaban J connectivity index is 2.06. The predicted molar refractivity (Wildman–Crippen MR) is 55.8 cm³/mol. The number of alkyl halides is 1. The third-order valence-corrected chi connectivity index (χ3v) is 2.48. The lowest BCUT2D eigenvalue weighted by molar-refractivity contribution is 0.0476. The minimum absolute atomic E-state index is 0.0978. The summed E-state index contributed by atoms with van der Waals surface area (Å²) in [4.78, 5) is 0. The van der Waals surface area contributed by atoms with Crippen molar-refractivity contribution in [2.75, 3.05) is 5.88 Å². The van der Waals surface area contributed by atoms with Crippen molar-refractivity contribution in [1.82, 2.24) is 10.9 Å². The largest absolute Gasteiger partial charge is 0.337 e. The highest BCUT2D eigenvalue weighted by molar-refractivity contribution is 6.18. The topological polar surface area (TPSA) is 33.3 Å². The number of nitrogens with one attached hydrogen (secondary N) is 2. The van der Waals surface area contributed by atoms with Gasteiger partial charge in [0.05, 0.1) is 5.88 Å². The lowest BCUT2D eigenvalue weighted by Gasteiger charge is -2.10. The first-order chi connectivity index (χ1) is 6.79. The molecule has 14 heavy (non-hydrogen) atoms. The highest BCUT2D eigenvalue weighted by Crippen LogP contribution is 2.19. The number of hydrogen-bond acceptors (Lipinski definition) is 3. The molecule has 1 aromatic rings. The summed E-state index contributed by atoms with van der Waals surface area (Å²) in [5.74, 6) is 0.440. The van der Waals surface area contributed by atoms with E-state index in [1.165, 1.54) is 5.56 Å². The predicted octanol–water partition coefficient (Wildman–Crippen LogP) is 1.68. The Morgan fingerprint density at radius 3 is 2.57 bits per heavy atom. The molecule has 0 bridgehead atoms. The van der Waals surface area contributed by atoms with Crippen molar-refractivity contribution in [1.29, 1.82) is 0 Å². The summed E-state index contributed by atoms with van der Waals surface area (Å²) in [5, 5.41) is 0. The van der Waals surface area contributed by atoms with Gasteiger partial charge in [-0.1, -0.05) is 29.8 Å². The maximum absolute atomic E-state index is 5.66. The molecule has 1 fully saturated rings. The zero-order valence-corrected chi connectivity index (χ0v) is 8.71. The maximum Gasteiger partial charge on any atom is 0.148 e. The molecular formula is C10H13ClN2O. The van der Waals surface area contributed by atoms with E-state index in [9.17, 15) is 0 Å². The van der Waals surface area contributed by atoms with Crippen LogP contribution in [0.15, 0.2) is 24.3 Å². The van der Waals surface area contributed by atoms with Crippen LogP contribution in [0.3, 0.4) is 0 Å². The summed E-state index contributed by atoms with van der Waals surface area (Å²) in [6.45, 7) is 2.06. The van der Waals surface area contributed by atoms with Gasteiger partial charge in [-0.15, -0.1) is 11.6 Å². The molecule has 0 radical (unpaired) electrons. The number of halogens is 1. The van der Waals surface area contributed by atoms with Gasteiger partial charge in [-0.3, -0.25) is 0 Å². The van der Waals surface area contributed by atoms with E-state index in [0.29, 0.717) is 5.88 Å². The first-order valence-electron chi connectivity index (χ1n) is 4.58. The second kappa shape index (κ2) is 4.28. The normalized spacial score (nSPS) is 26.7. The van der Waals surface area contributed by atoms with Crippen LogP contribution in [0.2, 0.25) is 0 Å². The average molecular weight is 213 g/mol. The van der Waals surface area contributed by atoms with Crippen molar-refractivity contribution in [3.05, 3.63) is 35.4 Å². The minimum atomic E-state index is -0.108. The van der Waals surface area contributed by atoms with Crippen molar-refractivity contribution in [3.8, 4) is 0 Å². The Labute approximate surface area is 88.4 Å². The lowest BCUT2D eigenvalue weighted by Crippen LogP contribution is -2.31. The number of aryl methyl sites for hydroxylation is 1. The van der Waals surface area contributed by atoms with Gasteiger partial charge in [-0.05, 0) is 12.5 Å². The molecule has 3 nitrogen and oxygen atoms in total. The summed E-state index contributed by atoms with van der Waals surface area (Å²) >= 11 is 5.66. The molecule has 1 aliphatic heterocycles. The molecule has 0 saturated carbocycles.